The van der Waals surface area contributed by atoms with Crippen molar-refractivity contribution >= 4 is 17.0 Å². The second-order valence-electron chi connectivity index (χ2n) is 5.09. The van der Waals surface area contributed by atoms with Crippen molar-refractivity contribution in [3.05, 3.63) is 41.5 Å². The predicted molar refractivity (Wildman–Crippen MR) is 85.9 cm³/mol. The topological polar surface area (TPSA) is 86.7 Å². The summed E-state index contributed by atoms with van der Waals surface area (Å²) >= 11 is 0. The first-order valence-electron chi connectivity index (χ1n) is 7.45. The number of benzene rings is 1. The number of aromatic nitrogens is 4. The van der Waals surface area contributed by atoms with E-state index in [0.29, 0.717) is 29.3 Å². The van der Waals surface area contributed by atoms with Crippen LogP contribution in [0, 0.1) is 0 Å². The van der Waals surface area contributed by atoms with E-state index >= 15 is 0 Å². The van der Waals surface area contributed by atoms with Crippen LogP contribution in [0.5, 0.6) is 5.75 Å². The molecule has 6 nitrogen and oxygen atoms in total. The Hall–Kier alpha value is -2.63. The quantitative estimate of drug-likeness (QED) is 0.674. The summed E-state index contributed by atoms with van der Waals surface area (Å²) in [6.07, 6.45) is 4.76. The largest absolute Gasteiger partial charge is 0.507 e. The maximum Gasteiger partial charge on any atom is 0.162 e. The zero-order valence-electron chi connectivity index (χ0n) is 12.7. The van der Waals surface area contributed by atoms with Crippen LogP contribution in [0.1, 0.15) is 30.5 Å². The number of imidazole rings is 1. The predicted octanol–water partition coefficient (Wildman–Crippen LogP) is 2.80. The molecule has 0 saturated heterocycles. The highest BCUT2D eigenvalue weighted by Crippen LogP contribution is 2.28. The molecule has 0 aliphatic carbocycles. The molecule has 3 aromatic rings. The van der Waals surface area contributed by atoms with Gasteiger partial charge in [0.15, 0.2) is 11.5 Å². The molecule has 22 heavy (non-hydrogen) atoms. The van der Waals surface area contributed by atoms with Crippen LogP contribution >= 0.6 is 0 Å². The fourth-order valence-corrected chi connectivity index (χ4v) is 2.61. The van der Waals surface area contributed by atoms with Gasteiger partial charge in [0.05, 0.1) is 6.33 Å². The Morgan fingerprint density at radius 3 is 2.64 bits per heavy atom. The van der Waals surface area contributed by atoms with Gasteiger partial charge in [0.1, 0.15) is 17.6 Å². The molecule has 0 saturated carbocycles. The maximum absolute atomic E-state index is 10.5. The Bertz CT molecular complexity index is 796. The van der Waals surface area contributed by atoms with Crippen molar-refractivity contribution in [2.75, 3.05) is 5.32 Å². The lowest BCUT2D eigenvalue weighted by molar-refractivity contribution is 0.461. The van der Waals surface area contributed by atoms with Crippen LogP contribution in [-0.4, -0.2) is 25.0 Å². The van der Waals surface area contributed by atoms with Gasteiger partial charge in [-0.15, -0.1) is 0 Å². The van der Waals surface area contributed by atoms with Crippen molar-refractivity contribution in [2.24, 2.45) is 0 Å². The lowest BCUT2D eigenvalue weighted by Gasteiger charge is -2.14. The highest BCUT2D eigenvalue weighted by molar-refractivity contribution is 5.81. The number of hydrogen-bond donors (Lipinski definition) is 3. The molecule has 114 valence electrons. The molecule has 2 aromatic heterocycles. The average Bonchev–Trinajstić information content (AvgIpc) is 3.02. The minimum absolute atomic E-state index is 0.377. The Balaban J connectivity index is 1.92. The summed E-state index contributed by atoms with van der Waals surface area (Å²) < 4.78 is 0. The van der Waals surface area contributed by atoms with Gasteiger partial charge in [-0.1, -0.05) is 26.0 Å². The summed E-state index contributed by atoms with van der Waals surface area (Å²) in [5, 5.41) is 13.7. The van der Waals surface area contributed by atoms with E-state index in [1.165, 1.54) is 6.33 Å². The molecule has 0 radical (unpaired) electrons. The van der Waals surface area contributed by atoms with Crippen molar-refractivity contribution < 1.29 is 5.11 Å². The van der Waals surface area contributed by atoms with Crippen LogP contribution in [-0.2, 0) is 19.4 Å². The summed E-state index contributed by atoms with van der Waals surface area (Å²) in [4.78, 5) is 15.5. The molecule has 3 rings (SSSR count). The molecule has 0 spiro atoms. The highest BCUT2D eigenvalue weighted by Gasteiger charge is 2.12. The van der Waals surface area contributed by atoms with Crippen LogP contribution in [0.2, 0.25) is 0 Å². The maximum atomic E-state index is 10.5. The monoisotopic (exact) mass is 297 g/mol. The second kappa shape index (κ2) is 6.01. The van der Waals surface area contributed by atoms with Crippen molar-refractivity contribution in [1.29, 1.82) is 0 Å². The number of anilines is 1. The van der Waals surface area contributed by atoms with Gasteiger partial charge < -0.3 is 15.4 Å². The van der Waals surface area contributed by atoms with Crippen molar-refractivity contribution in [1.82, 2.24) is 19.9 Å². The van der Waals surface area contributed by atoms with Gasteiger partial charge in [-0.2, -0.15) is 0 Å². The van der Waals surface area contributed by atoms with E-state index in [0.717, 1.165) is 29.5 Å². The van der Waals surface area contributed by atoms with Crippen LogP contribution in [0.25, 0.3) is 11.2 Å². The lowest BCUT2D eigenvalue weighted by Crippen LogP contribution is -2.06. The van der Waals surface area contributed by atoms with E-state index in [-0.39, 0.29) is 0 Å². The molecule has 0 fully saturated rings. The normalized spacial score (nSPS) is 11.0. The number of phenols is 1. The number of fused-ring (bicyclic) bond motifs is 1. The molecule has 0 aliphatic rings. The summed E-state index contributed by atoms with van der Waals surface area (Å²) in [7, 11) is 0. The number of H-pyrrole nitrogens is 1. The summed E-state index contributed by atoms with van der Waals surface area (Å²) in [6.45, 7) is 4.62. The zero-order chi connectivity index (χ0) is 15.5. The first kappa shape index (κ1) is 14.3. The molecule has 0 amide bonds. The third kappa shape index (κ3) is 2.47. The van der Waals surface area contributed by atoms with Gasteiger partial charge >= 0.3 is 0 Å². The van der Waals surface area contributed by atoms with Crippen LogP contribution in [0.4, 0.5) is 5.82 Å². The highest BCUT2D eigenvalue weighted by atomic mass is 16.3. The van der Waals surface area contributed by atoms with Gasteiger partial charge in [0.2, 0.25) is 0 Å². The van der Waals surface area contributed by atoms with E-state index in [2.05, 4.69) is 38.2 Å². The number of aryl methyl sites for hydroxylation is 2. The molecule has 0 unspecified atom stereocenters. The molecule has 0 bridgehead atoms. The Labute approximate surface area is 128 Å². The van der Waals surface area contributed by atoms with Crippen LogP contribution < -0.4 is 5.32 Å². The molecule has 0 atom stereocenters. The number of aromatic amines is 1. The van der Waals surface area contributed by atoms with Gasteiger partial charge in [-0.05, 0) is 24.0 Å². The number of hydrogen-bond acceptors (Lipinski definition) is 5. The number of phenolic OH excluding ortho intramolecular Hbond substituents is 1. The summed E-state index contributed by atoms with van der Waals surface area (Å²) in [5.41, 5.74) is 4.41. The van der Waals surface area contributed by atoms with Crippen LogP contribution in [0.15, 0.2) is 24.8 Å². The molecule has 0 aliphatic heterocycles. The second-order valence-corrected chi connectivity index (χ2v) is 5.09. The third-order valence-corrected chi connectivity index (χ3v) is 3.87. The standard InChI is InChI=1S/C16H19N5O/c1-3-10-5-6-11(4-2)14(22)12(10)7-17-15-13-16(19-8-18-13)21-9-20-15/h5-6,8-9,22H,3-4,7H2,1-2H3,(H2,17,18,19,20,21). The van der Waals surface area contributed by atoms with Crippen molar-refractivity contribution in [3.63, 3.8) is 0 Å². The van der Waals surface area contributed by atoms with E-state index in [1.807, 2.05) is 13.0 Å². The van der Waals surface area contributed by atoms with Gasteiger partial charge in [-0.25, -0.2) is 15.0 Å². The van der Waals surface area contributed by atoms with Gasteiger partial charge in [-0.3, -0.25) is 0 Å². The van der Waals surface area contributed by atoms with Crippen LogP contribution in [0.3, 0.4) is 0 Å². The lowest BCUT2D eigenvalue weighted by atomic mass is 9.99. The van der Waals surface area contributed by atoms with Gasteiger partial charge in [0, 0.05) is 12.1 Å². The third-order valence-electron chi connectivity index (χ3n) is 3.87. The van der Waals surface area contributed by atoms with E-state index < -0.39 is 0 Å². The van der Waals surface area contributed by atoms with E-state index in [1.54, 1.807) is 6.33 Å². The molecular formula is C16H19N5O. The molecule has 1 aromatic carbocycles. The molecular weight excluding hydrogens is 278 g/mol. The van der Waals surface area contributed by atoms with E-state index in [4.69, 9.17) is 0 Å². The number of nitrogens with one attached hydrogen (secondary N) is 2. The summed E-state index contributed by atoms with van der Waals surface area (Å²) in [5.74, 6) is 1.04. The SMILES string of the molecule is CCc1ccc(CC)c(CNc2ncnc3[nH]cnc23)c1O. The van der Waals surface area contributed by atoms with E-state index in [9.17, 15) is 5.11 Å². The number of rotatable bonds is 5. The zero-order valence-corrected chi connectivity index (χ0v) is 12.7. The Morgan fingerprint density at radius 1 is 1.09 bits per heavy atom. The first-order chi connectivity index (χ1) is 10.7. The molecule has 2 heterocycles. The smallest absolute Gasteiger partial charge is 0.162 e. The first-order valence-corrected chi connectivity index (χ1v) is 7.45. The summed E-state index contributed by atoms with van der Waals surface area (Å²) in [6, 6.07) is 4.08. The minimum atomic E-state index is 0.377. The number of aromatic hydroxyl groups is 1. The Kier molecular flexibility index (Phi) is 3.91. The van der Waals surface area contributed by atoms with Crippen molar-refractivity contribution in [2.45, 2.75) is 33.2 Å². The fourth-order valence-electron chi connectivity index (χ4n) is 2.61. The minimum Gasteiger partial charge on any atom is -0.507 e. The molecule has 6 heteroatoms. The van der Waals surface area contributed by atoms with Crippen molar-refractivity contribution in [3.8, 4) is 5.75 Å². The number of nitrogens with zero attached hydrogens (tertiary/aromatic N) is 3. The fraction of sp³-hybridized carbons (Fsp3) is 0.312. The average molecular weight is 297 g/mol. The van der Waals surface area contributed by atoms with Gasteiger partial charge in [0.25, 0.3) is 0 Å². The Morgan fingerprint density at radius 2 is 1.86 bits per heavy atom. The molecule has 3 N–H and O–H groups in total.